The third-order valence-electron chi connectivity index (χ3n) is 2.32. The number of hydrogen-bond donors (Lipinski definition) is 0. The number of aromatic nitrogens is 3. The number of rotatable bonds is 7. The second-order valence-electron chi connectivity index (χ2n) is 4.17. The van der Waals surface area contributed by atoms with Crippen molar-refractivity contribution < 1.29 is 4.79 Å². The van der Waals surface area contributed by atoms with Crippen molar-refractivity contribution in [1.82, 2.24) is 19.7 Å². The van der Waals surface area contributed by atoms with Crippen LogP contribution in [-0.2, 0) is 17.8 Å². The van der Waals surface area contributed by atoms with Gasteiger partial charge in [-0.2, -0.15) is 5.10 Å². The van der Waals surface area contributed by atoms with E-state index in [1.165, 1.54) is 6.33 Å². The number of aryl methyl sites for hydroxylation is 1. The van der Waals surface area contributed by atoms with Crippen LogP contribution >= 0.6 is 0 Å². The molecule has 0 atom stereocenters. The first-order chi connectivity index (χ1) is 7.63. The van der Waals surface area contributed by atoms with Crippen LogP contribution in [-0.4, -0.2) is 46.1 Å². The van der Waals surface area contributed by atoms with Crippen LogP contribution in [0.4, 0.5) is 0 Å². The van der Waals surface area contributed by atoms with E-state index in [0.717, 1.165) is 25.3 Å². The minimum Gasteiger partial charge on any atom is -0.309 e. The van der Waals surface area contributed by atoms with E-state index in [1.54, 1.807) is 0 Å². The van der Waals surface area contributed by atoms with Crippen molar-refractivity contribution in [1.29, 1.82) is 0 Å². The summed E-state index contributed by atoms with van der Waals surface area (Å²) in [5.74, 6) is 1.00. The van der Waals surface area contributed by atoms with E-state index in [9.17, 15) is 4.79 Å². The second kappa shape index (κ2) is 6.37. The van der Waals surface area contributed by atoms with Gasteiger partial charge in [0.1, 0.15) is 17.9 Å². The Morgan fingerprint density at radius 3 is 2.88 bits per heavy atom. The van der Waals surface area contributed by atoms with E-state index < -0.39 is 0 Å². The van der Waals surface area contributed by atoms with Gasteiger partial charge in [0.25, 0.3) is 0 Å². The zero-order valence-corrected chi connectivity index (χ0v) is 10.3. The molecule has 0 bridgehead atoms. The molecule has 1 aromatic heterocycles. The molecule has 0 fully saturated rings. The van der Waals surface area contributed by atoms with Gasteiger partial charge in [-0.3, -0.25) is 4.79 Å². The molecule has 5 nitrogen and oxygen atoms in total. The fraction of sp³-hybridized carbons (Fsp3) is 0.727. The Bertz CT molecular complexity index is 332. The number of nitrogens with zero attached hydrogens (tertiary/aromatic N) is 4. The summed E-state index contributed by atoms with van der Waals surface area (Å²) < 4.78 is 1.81. The fourth-order valence-electron chi connectivity index (χ4n) is 1.44. The Labute approximate surface area is 96.5 Å². The van der Waals surface area contributed by atoms with Gasteiger partial charge in [-0.05, 0) is 20.5 Å². The summed E-state index contributed by atoms with van der Waals surface area (Å²) in [6.07, 6.45) is 3.49. The van der Waals surface area contributed by atoms with Crippen LogP contribution < -0.4 is 0 Å². The Morgan fingerprint density at radius 1 is 1.50 bits per heavy atom. The molecule has 5 heteroatoms. The van der Waals surface area contributed by atoms with Crippen LogP contribution in [0, 0.1) is 0 Å². The van der Waals surface area contributed by atoms with Gasteiger partial charge in [0, 0.05) is 19.5 Å². The van der Waals surface area contributed by atoms with Crippen molar-refractivity contribution in [2.75, 3.05) is 20.6 Å². The Morgan fingerprint density at radius 2 is 2.25 bits per heavy atom. The Kier molecular flexibility index (Phi) is 5.11. The Hall–Kier alpha value is -1.23. The molecule has 1 aromatic rings. The summed E-state index contributed by atoms with van der Waals surface area (Å²) in [7, 11) is 3.93. The van der Waals surface area contributed by atoms with Crippen LogP contribution in [0.5, 0.6) is 0 Å². The molecule has 0 unspecified atom stereocenters. The van der Waals surface area contributed by atoms with Gasteiger partial charge >= 0.3 is 0 Å². The molecule has 0 aliphatic rings. The molecule has 16 heavy (non-hydrogen) atoms. The molecule has 1 heterocycles. The van der Waals surface area contributed by atoms with Crippen LogP contribution in [0.1, 0.15) is 25.6 Å². The standard InChI is InChI=1S/C11H20N4O/c1-4-6-15-11(12-9-13-15)8-10(16)5-7-14(2)3/h9H,4-8H2,1-3H3. The van der Waals surface area contributed by atoms with E-state index >= 15 is 0 Å². The molecule has 0 aliphatic heterocycles. The molecule has 90 valence electrons. The third-order valence-corrected chi connectivity index (χ3v) is 2.32. The molecule has 0 amide bonds. The van der Waals surface area contributed by atoms with Crippen molar-refractivity contribution in [3.8, 4) is 0 Å². The van der Waals surface area contributed by atoms with Gasteiger partial charge in [-0.25, -0.2) is 9.67 Å². The van der Waals surface area contributed by atoms with E-state index in [-0.39, 0.29) is 5.78 Å². The molecule has 0 saturated carbocycles. The predicted octanol–water partition coefficient (Wildman–Crippen LogP) is 0.751. The quantitative estimate of drug-likeness (QED) is 0.686. The topological polar surface area (TPSA) is 51.0 Å². The SMILES string of the molecule is CCCn1ncnc1CC(=O)CCN(C)C. The summed E-state index contributed by atoms with van der Waals surface area (Å²) in [6, 6.07) is 0. The third kappa shape index (κ3) is 4.10. The molecule has 0 radical (unpaired) electrons. The minimum absolute atomic E-state index is 0.221. The van der Waals surface area contributed by atoms with Crippen molar-refractivity contribution in [2.45, 2.75) is 32.7 Å². The Balaban J connectivity index is 2.46. The normalized spacial score (nSPS) is 11.0. The highest BCUT2D eigenvalue weighted by Crippen LogP contribution is 2.00. The number of Topliss-reactive ketones (excluding diaryl/α,β-unsaturated/α-hetero) is 1. The van der Waals surface area contributed by atoms with E-state index in [1.807, 2.05) is 23.7 Å². The van der Waals surface area contributed by atoms with Crippen molar-refractivity contribution >= 4 is 5.78 Å². The summed E-state index contributed by atoms with van der Waals surface area (Å²) >= 11 is 0. The largest absolute Gasteiger partial charge is 0.309 e. The number of ketones is 1. The smallest absolute Gasteiger partial charge is 0.141 e. The maximum Gasteiger partial charge on any atom is 0.141 e. The lowest BCUT2D eigenvalue weighted by Gasteiger charge is -2.08. The van der Waals surface area contributed by atoms with Crippen molar-refractivity contribution in [3.63, 3.8) is 0 Å². The van der Waals surface area contributed by atoms with Crippen molar-refractivity contribution in [2.24, 2.45) is 0 Å². The molecule has 0 aliphatic carbocycles. The lowest BCUT2D eigenvalue weighted by molar-refractivity contribution is -0.118. The highest BCUT2D eigenvalue weighted by atomic mass is 16.1. The molecule has 0 saturated heterocycles. The van der Waals surface area contributed by atoms with E-state index in [2.05, 4.69) is 17.0 Å². The highest BCUT2D eigenvalue weighted by Gasteiger charge is 2.09. The average Bonchev–Trinajstić information content (AvgIpc) is 2.63. The summed E-state index contributed by atoms with van der Waals surface area (Å²) in [5.41, 5.74) is 0. The molecule has 0 spiro atoms. The monoisotopic (exact) mass is 224 g/mol. The molecular weight excluding hydrogens is 204 g/mol. The van der Waals surface area contributed by atoms with Gasteiger partial charge in [0.2, 0.25) is 0 Å². The van der Waals surface area contributed by atoms with Crippen molar-refractivity contribution in [3.05, 3.63) is 12.2 Å². The predicted molar refractivity (Wildman–Crippen MR) is 62.2 cm³/mol. The maximum atomic E-state index is 11.7. The molecule has 1 rings (SSSR count). The van der Waals surface area contributed by atoms with Gasteiger partial charge in [-0.15, -0.1) is 0 Å². The first-order valence-electron chi connectivity index (χ1n) is 5.66. The highest BCUT2D eigenvalue weighted by molar-refractivity contribution is 5.80. The van der Waals surface area contributed by atoms with Gasteiger partial charge in [0.05, 0.1) is 6.42 Å². The number of carbonyl (C=O) groups is 1. The van der Waals surface area contributed by atoms with Crippen LogP contribution in [0.25, 0.3) is 0 Å². The second-order valence-corrected chi connectivity index (χ2v) is 4.17. The van der Waals surface area contributed by atoms with Crippen LogP contribution in [0.2, 0.25) is 0 Å². The first kappa shape index (κ1) is 12.8. The first-order valence-corrected chi connectivity index (χ1v) is 5.66. The summed E-state index contributed by atoms with van der Waals surface area (Å²) in [4.78, 5) is 17.8. The molecular formula is C11H20N4O. The van der Waals surface area contributed by atoms with E-state index in [0.29, 0.717) is 12.8 Å². The van der Waals surface area contributed by atoms with Gasteiger partial charge in [-0.1, -0.05) is 6.92 Å². The van der Waals surface area contributed by atoms with Gasteiger partial charge in [0.15, 0.2) is 0 Å². The van der Waals surface area contributed by atoms with Gasteiger partial charge < -0.3 is 4.90 Å². The lowest BCUT2D eigenvalue weighted by atomic mass is 10.2. The zero-order valence-electron chi connectivity index (χ0n) is 10.3. The lowest BCUT2D eigenvalue weighted by Crippen LogP contribution is -2.19. The van der Waals surface area contributed by atoms with Crippen LogP contribution in [0.15, 0.2) is 6.33 Å². The number of carbonyl (C=O) groups excluding carboxylic acids is 1. The molecule has 0 aromatic carbocycles. The number of hydrogen-bond acceptors (Lipinski definition) is 4. The van der Waals surface area contributed by atoms with Crippen LogP contribution in [0.3, 0.4) is 0 Å². The average molecular weight is 224 g/mol. The molecule has 0 N–H and O–H groups in total. The summed E-state index contributed by atoms with van der Waals surface area (Å²) in [5, 5.41) is 4.10. The minimum atomic E-state index is 0.221. The summed E-state index contributed by atoms with van der Waals surface area (Å²) in [6.45, 7) is 3.70. The maximum absolute atomic E-state index is 11.7. The van der Waals surface area contributed by atoms with E-state index in [4.69, 9.17) is 0 Å². The zero-order chi connectivity index (χ0) is 12.0. The fourth-order valence-corrected chi connectivity index (χ4v) is 1.44.